The monoisotopic (exact) mass is 201 g/mol. The minimum absolute atomic E-state index is 0.0268. The zero-order valence-corrected chi connectivity index (χ0v) is 10.2. The topological polar surface area (TPSA) is 46.2 Å². The number of hydrogen-bond donors (Lipinski definition) is 1. The van der Waals surface area contributed by atoms with Gasteiger partial charge in [-0.15, -0.1) is 0 Å². The minimum atomic E-state index is -0.303. The summed E-state index contributed by atoms with van der Waals surface area (Å²) in [5.41, 5.74) is 0. The summed E-state index contributed by atoms with van der Waals surface area (Å²) in [5.74, 6) is 0.306. The Kier molecular flexibility index (Phi) is 9.73. The average molecular weight is 201 g/mol. The van der Waals surface area contributed by atoms with E-state index in [1.807, 2.05) is 27.7 Å². The van der Waals surface area contributed by atoms with Gasteiger partial charge in [-0.2, -0.15) is 0 Å². The lowest BCUT2D eigenvalue weighted by atomic mass is 10.0. The van der Waals surface area contributed by atoms with Crippen molar-refractivity contribution in [2.75, 3.05) is 0 Å². The van der Waals surface area contributed by atoms with Gasteiger partial charge in [0.2, 0.25) is 5.91 Å². The van der Waals surface area contributed by atoms with Crippen molar-refractivity contribution < 1.29 is 9.59 Å². The molecule has 0 aromatic rings. The lowest BCUT2D eigenvalue weighted by Crippen LogP contribution is -2.39. The van der Waals surface area contributed by atoms with Crippen LogP contribution in [0, 0.1) is 5.92 Å². The summed E-state index contributed by atoms with van der Waals surface area (Å²) in [5, 5.41) is 2.62. The molecule has 3 heteroatoms. The second-order valence-corrected chi connectivity index (χ2v) is 3.49. The van der Waals surface area contributed by atoms with Crippen molar-refractivity contribution in [3.8, 4) is 0 Å². The highest BCUT2D eigenvalue weighted by Gasteiger charge is 2.15. The first kappa shape index (κ1) is 15.6. The van der Waals surface area contributed by atoms with E-state index in [1.165, 1.54) is 13.8 Å². The zero-order chi connectivity index (χ0) is 11.7. The van der Waals surface area contributed by atoms with Crippen LogP contribution in [0.2, 0.25) is 0 Å². The first-order chi connectivity index (χ1) is 6.43. The fourth-order valence-electron chi connectivity index (χ4n) is 1.04. The third kappa shape index (κ3) is 9.23. The molecule has 0 saturated carbocycles. The first-order valence-electron chi connectivity index (χ1n) is 5.21. The van der Waals surface area contributed by atoms with Crippen LogP contribution in [-0.4, -0.2) is 17.7 Å². The summed E-state index contributed by atoms with van der Waals surface area (Å²) < 4.78 is 0. The number of nitrogens with one attached hydrogen (secondary N) is 1. The highest BCUT2D eigenvalue weighted by atomic mass is 16.2. The van der Waals surface area contributed by atoms with Crippen molar-refractivity contribution in [2.24, 2.45) is 5.92 Å². The van der Waals surface area contributed by atoms with E-state index in [-0.39, 0.29) is 17.7 Å². The lowest BCUT2D eigenvalue weighted by molar-refractivity contribution is -0.125. The Hall–Kier alpha value is -0.860. The normalized spacial score (nSPS) is 11.4. The summed E-state index contributed by atoms with van der Waals surface area (Å²) in [6.07, 6.45) is 0.717. The van der Waals surface area contributed by atoms with Crippen LogP contribution in [0.25, 0.3) is 0 Å². The number of hydrogen-bond acceptors (Lipinski definition) is 2. The second kappa shape index (κ2) is 8.73. The van der Waals surface area contributed by atoms with Gasteiger partial charge in [0, 0.05) is 6.92 Å². The SMILES string of the molecule is CC.CC(=O)NC(CC(C)C)C(C)=O. The van der Waals surface area contributed by atoms with Gasteiger partial charge < -0.3 is 5.32 Å². The third-order valence-corrected chi connectivity index (χ3v) is 1.58. The van der Waals surface area contributed by atoms with E-state index in [0.717, 1.165) is 6.42 Å². The summed E-state index contributed by atoms with van der Waals surface area (Å²) in [6, 6.07) is -0.303. The molecule has 0 aliphatic heterocycles. The average Bonchev–Trinajstić information content (AvgIpc) is 2.05. The van der Waals surface area contributed by atoms with Crippen molar-refractivity contribution in [2.45, 2.75) is 54.0 Å². The fourth-order valence-corrected chi connectivity index (χ4v) is 1.04. The fraction of sp³-hybridized carbons (Fsp3) is 0.818. The molecule has 0 aliphatic rings. The van der Waals surface area contributed by atoms with Crippen molar-refractivity contribution in [1.82, 2.24) is 5.32 Å². The molecule has 0 spiro atoms. The standard InChI is InChI=1S/C9H17NO2.C2H6/c1-6(2)5-9(7(3)11)10-8(4)12;1-2/h6,9H,5H2,1-4H3,(H,10,12);1-2H3. The van der Waals surface area contributed by atoms with E-state index < -0.39 is 0 Å². The van der Waals surface area contributed by atoms with Crippen LogP contribution in [0.15, 0.2) is 0 Å². The number of rotatable bonds is 4. The van der Waals surface area contributed by atoms with Crippen molar-refractivity contribution in [3.05, 3.63) is 0 Å². The van der Waals surface area contributed by atoms with Gasteiger partial charge in [0.25, 0.3) is 0 Å². The number of carbonyl (C=O) groups is 2. The Labute approximate surface area is 87.3 Å². The van der Waals surface area contributed by atoms with Crippen LogP contribution in [-0.2, 0) is 9.59 Å². The van der Waals surface area contributed by atoms with Gasteiger partial charge >= 0.3 is 0 Å². The van der Waals surface area contributed by atoms with Gasteiger partial charge in [-0.1, -0.05) is 27.7 Å². The molecule has 0 fully saturated rings. The van der Waals surface area contributed by atoms with Crippen LogP contribution >= 0.6 is 0 Å². The van der Waals surface area contributed by atoms with E-state index in [1.54, 1.807) is 0 Å². The predicted molar refractivity (Wildman–Crippen MR) is 59.1 cm³/mol. The summed E-state index contributed by atoms with van der Waals surface area (Å²) >= 11 is 0. The van der Waals surface area contributed by atoms with Crippen LogP contribution < -0.4 is 5.32 Å². The highest BCUT2D eigenvalue weighted by Crippen LogP contribution is 2.05. The molecule has 1 atom stereocenters. The van der Waals surface area contributed by atoms with Crippen molar-refractivity contribution in [1.29, 1.82) is 0 Å². The van der Waals surface area contributed by atoms with Gasteiger partial charge in [-0.3, -0.25) is 9.59 Å². The molecule has 1 unspecified atom stereocenters. The minimum Gasteiger partial charge on any atom is -0.347 e. The Bertz CT molecular complexity index is 176. The largest absolute Gasteiger partial charge is 0.347 e. The molecular weight excluding hydrogens is 178 g/mol. The van der Waals surface area contributed by atoms with Crippen LogP contribution in [0.5, 0.6) is 0 Å². The molecule has 0 saturated heterocycles. The maximum Gasteiger partial charge on any atom is 0.217 e. The van der Waals surface area contributed by atoms with Gasteiger partial charge in [0.05, 0.1) is 6.04 Å². The molecule has 14 heavy (non-hydrogen) atoms. The molecule has 0 aliphatic carbocycles. The molecule has 0 heterocycles. The lowest BCUT2D eigenvalue weighted by Gasteiger charge is -2.16. The molecule has 0 bridgehead atoms. The summed E-state index contributed by atoms with van der Waals surface area (Å²) in [7, 11) is 0. The Morgan fingerprint density at radius 2 is 1.57 bits per heavy atom. The number of ketones is 1. The molecule has 0 radical (unpaired) electrons. The molecule has 84 valence electrons. The van der Waals surface area contributed by atoms with Gasteiger partial charge in [0.1, 0.15) is 0 Å². The molecule has 0 aromatic heterocycles. The van der Waals surface area contributed by atoms with E-state index >= 15 is 0 Å². The maximum absolute atomic E-state index is 11.0. The third-order valence-electron chi connectivity index (χ3n) is 1.58. The molecule has 0 rings (SSSR count). The number of amides is 1. The van der Waals surface area contributed by atoms with Crippen LogP contribution in [0.1, 0.15) is 48.0 Å². The Morgan fingerprint density at radius 3 is 1.79 bits per heavy atom. The maximum atomic E-state index is 11.0. The second-order valence-electron chi connectivity index (χ2n) is 3.49. The molecule has 3 nitrogen and oxygen atoms in total. The van der Waals surface area contributed by atoms with Gasteiger partial charge in [0.15, 0.2) is 5.78 Å². The van der Waals surface area contributed by atoms with Crippen LogP contribution in [0.3, 0.4) is 0 Å². The smallest absolute Gasteiger partial charge is 0.217 e. The predicted octanol–water partition coefficient (Wildman–Crippen LogP) is 2.15. The number of carbonyl (C=O) groups excluding carboxylic acids is 2. The highest BCUT2D eigenvalue weighted by molar-refractivity contribution is 5.86. The van der Waals surface area contributed by atoms with Crippen molar-refractivity contribution in [3.63, 3.8) is 0 Å². The van der Waals surface area contributed by atoms with Gasteiger partial charge in [-0.05, 0) is 19.3 Å². The zero-order valence-electron chi connectivity index (χ0n) is 10.2. The summed E-state index contributed by atoms with van der Waals surface area (Å²) in [4.78, 5) is 21.7. The quantitative estimate of drug-likeness (QED) is 0.757. The number of Topliss-reactive ketones (excluding diaryl/α,β-unsaturated/α-hetero) is 1. The van der Waals surface area contributed by atoms with E-state index in [4.69, 9.17) is 0 Å². The van der Waals surface area contributed by atoms with E-state index in [9.17, 15) is 9.59 Å². The molecule has 0 aromatic carbocycles. The molecule has 1 amide bonds. The van der Waals surface area contributed by atoms with E-state index in [2.05, 4.69) is 5.32 Å². The van der Waals surface area contributed by atoms with Crippen molar-refractivity contribution >= 4 is 11.7 Å². The summed E-state index contributed by atoms with van der Waals surface area (Å²) in [6.45, 7) is 11.0. The van der Waals surface area contributed by atoms with Gasteiger partial charge in [-0.25, -0.2) is 0 Å². The van der Waals surface area contributed by atoms with E-state index in [0.29, 0.717) is 5.92 Å². The molecule has 1 N–H and O–H groups in total. The Morgan fingerprint density at radius 1 is 1.14 bits per heavy atom. The first-order valence-corrected chi connectivity index (χ1v) is 5.21. The van der Waals surface area contributed by atoms with Crippen LogP contribution in [0.4, 0.5) is 0 Å². The molecular formula is C11H23NO2. The Balaban J connectivity index is 0.